The van der Waals surface area contributed by atoms with E-state index in [9.17, 15) is 4.79 Å². The van der Waals surface area contributed by atoms with Crippen molar-refractivity contribution in [3.8, 4) is 0 Å². The largest absolute Gasteiger partial charge is 0.396 e. The Morgan fingerprint density at radius 3 is 2.93 bits per heavy atom. The number of rotatable bonds is 2. The zero-order valence-corrected chi connectivity index (χ0v) is 8.10. The van der Waals surface area contributed by atoms with E-state index in [1.54, 1.807) is 30.4 Å². The summed E-state index contributed by atoms with van der Waals surface area (Å²) in [5, 5.41) is 0. The zero-order chi connectivity index (χ0) is 10.1. The van der Waals surface area contributed by atoms with Gasteiger partial charge >= 0.3 is 0 Å². The van der Waals surface area contributed by atoms with Gasteiger partial charge in [-0.05, 0) is 18.9 Å². The molecular weight excluding hydrogens is 178 g/mol. The van der Waals surface area contributed by atoms with Gasteiger partial charge < -0.3 is 10.6 Å². The lowest BCUT2D eigenvalue weighted by Crippen LogP contribution is -2.28. The molecule has 74 valence electrons. The highest BCUT2D eigenvalue weighted by atomic mass is 16.2. The molecule has 0 aromatic carbocycles. The standard InChI is InChI=1S/C10H13N3O/c1-13(10(14)7-2-3-7)9-4-5-12-6-8(9)11/h4-7H,2-3,11H2,1H3. The summed E-state index contributed by atoms with van der Waals surface area (Å²) in [6, 6.07) is 1.76. The van der Waals surface area contributed by atoms with Crippen LogP contribution >= 0.6 is 0 Å². The van der Waals surface area contributed by atoms with Crippen molar-refractivity contribution < 1.29 is 4.79 Å². The van der Waals surface area contributed by atoms with Crippen molar-refractivity contribution in [2.24, 2.45) is 5.92 Å². The first kappa shape index (κ1) is 8.99. The Hall–Kier alpha value is -1.58. The maximum Gasteiger partial charge on any atom is 0.229 e. The molecule has 1 aromatic rings. The van der Waals surface area contributed by atoms with E-state index in [0.717, 1.165) is 18.5 Å². The number of aromatic nitrogens is 1. The van der Waals surface area contributed by atoms with E-state index in [4.69, 9.17) is 5.73 Å². The maximum atomic E-state index is 11.7. The lowest BCUT2D eigenvalue weighted by molar-refractivity contribution is -0.119. The summed E-state index contributed by atoms with van der Waals surface area (Å²) in [5.74, 6) is 0.371. The molecule has 0 aliphatic heterocycles. The Kier molecular flexibility index (Phi) is 2.11. The number of amides is 1. The lowest BCUT2D eigenvalue weighted by atomic mass is 10.3. The first-order chi connectivity index (χ1) is 6.70. The smallest absolute Gasteiger partial charge is 0.229 e. The minimum absolute atomic E-state index is 0.155. The number of hydrogen-bond donors (Lipinski definition) is 1. The van der Waals surface area contributed by atoms with Crippen LogP contribution in [0, 0.1) is 5.92 Å². The van der Waals surface area contributed by atoms with Gasteiger partial charge in [-0.2, -0.15) is 0 Å². The summed E-state index contributed by atoms with van der Waals surface area (Å²) in [5.41, 5.74) is 7.02. The second-order valence-electron chi connectivity index (χ2n) is 3.61. The Morgan fingerprint density at radius 1 is 1.64 bits per heavy atom. The molecule has 2 N–H and O–H groups in total. The Bertz CT molecular complexity index is 360. The molecular formula is C10H13N3O. The summed E-state index contributed by atoms with van der Waals surface area (Å²) in [6.45, 7) is 0. The van der Waals surface area contributed by atoms with Gasteiger partial charge in [-0.1, -0.05) is 0 Å². The van der Waals surface area contributed by atoms with E-state index >= 15 is 0 Å². The average Bonchev–Trinajstić information content (AvgIpc) is 3.00. The van der Waals surface area contributed by atoms with Crippen molar-refractivity contribution in [1.29, 1.82) is 0 Å². The molecule has 0 radical (unpaired) electrons. The number of nitrogens with zero attached hydrogens (tertiary/aromatic N) is 2. The van der Waals surface area contributed by atoms with Crippen LogP contribution in [0.5, 0.6) is 0 Å². The fourth-order valence-electron chi connectivity index (χ4n) is 1.43. The molecule has 4 heteroatoms. The van der Waals surface area contributed by atoms with Crippen LogP contribution in [0.2, 0.25) is 0 Å². The van der Waals surface area contributed by atoms with Gasteiger partial charge in [-0.15, -0.1) is 0 Å². The molecule has 0 spiro atoms. The number of pyridine rings is 1. The molecule has 4 nitrogen and oxygen atoms in total. The minimum Gasteiger partial charge on any atom is -0.396 e. The van der Waals surface area contributed by atoms with Gasteiger partial charge in [0.05, 0.1) is 17.6 Å². The van der Waals surface area contributed by atoms with Crippen LogP contribution in [-0.2, 0) is 4.79 Å². The normalized spacial score (nSPS) is 15.2. The summed E-state index contributed by atoms with van der Waals surface area (Å²) in [7, 11) is 1.76. The van der Waals surface area contributed by atoms with Crippen LogP contribution in [0.4, 0.5) is 11.4 Å². The molecule has 1 amide bonds. The van der Waals surface area contributed by atoms with E-state index in [2.05, 4.69) is 4.98 Å². The molecule has 0 saturated heterocycles. The van der Waals surface area contributed by atoms with Crippen LogP contribution < -0.4 is 10.6 Å². The highest BCUT2D eigenvalue weighted by Crippen LogP contribution is 2.33. The zero-order valence-electron chi connectivity index (χ0n) is 8.10. The van der Waals surface area contributed by atoms with Crippen molar-refractivity contribution in [2.75, 3.05) is 17.7 Å². The third kappa shape index (κ3) is 1.55. The van der Waals surface area contributed by atoms with E-state index < -0.39 is 0 Å². The minimum atomic E-state index is 0.155. The van der Waals surface area contributed by atoms with Crippen LogP contribution in [0.3, 0.4) is 0 Å². The Labute approximate surface area is 82.7 Å². The van der Waals surface area contributed by atoms with Crippen molar-refractivity contribution in [3.63, 3.8) is 0 Å². The van der Waals surface area contributed by atoms with E-state index in [0.29, 0.717) is 5.69 Å². The highest BCUT2D eigenvalue weighted by molar-refractivity contribution is 5.98. The monoisotopic (exact) mass is 191 g/mol. The summed E-state index contributed by atoms with van der Waals surface area (Å²) in [4.78, 5) is 17.2. The van der Waals surface area contributed by atoms with Gasteiger partial charge in [0.15, 0.2) is 0 Å². The lowest BCUT2D eigenvalue weighted by Gasteiger charge is -2.18. The van der Waals surface area contributed by atoms with Crippen molar-refractivity contribution in [1.82, 2.24) is 4.98 Å². The highest BCUT2D eigenvalue weighted by Gasteiger charge is 2.32. The van der Waals surface area contributed by atoms with Gasteiger partial charge in [0, 0.05) is 19.2 Å². The summed E-state index contributed by atoms with van der Waals surface area (Å²) in [6.07, 6.45) is 5.22. The van der Waals surface area contributed by atoms with Gasteiger partial charge in [-0.25, -0.2) is 0 Å². The topological polar surface area (TPSA) is 59.2 Å². The first-order valence-electron chi connectivity index (χ1n) is 4.67. The molecule has 0 atom stereocenters. The first-order valence-corrected chi connectivity index (χ1v) is 4.67. The van der Waals surface area contributed by atoms with Gasteiger partial charge in [0.2, 0.25) is 5.91 Å². The quantitative estimate of drug-likeness (QED) is 0.759. The fourth-order valence-corrected chi connectivity index (χ4v) is 1.43. The van der Waals surface area contributed by atoms with Gasteiger partial charge in [0.1, 0.15) is 0 Å². The van der Waals surface area contributed by atoms with Crippen molar-refractivity contribution in [3.05, 3.63) is 18.5 Å². The molecule has 1 aromatic heterocycles. The number of carbonyl (C=O) groups excluding carboxylic acids is 1. The Morgan fingerprint density at radius 2 is 2.36 bits per heavy atom. The molecule has 1 heterocycles. The van der Waals surface area contributed by atoms with E-state index in [-0.39, 0.29) is 11.8 Å². The predicted molar refractivity (Wildman–Crippen MR) is 54.8 cm³/mol. The second-order valence-corrected chi connectivity index (χ2v) is 3.61. The molecule has 1 aliphatic carbocycles. The van der Waals surface area contributed by atoms with E-state index in [1.165, 1.54) is 0 Å². The molecule has 1 aliphatic rings. The van der Waals surface area contributed by atoms with Gasteiger partial charge in [-0.3, -0.25) is 9.78 Å². The maximum absolute atomic E-state index is 11.7. The fraction of sp³-hybridized carbons (Fsp3) is 0.400. The Balaban J connectivity index is 2.21. The number of nitrogen functional groups attached to an aromatic ring is 1. The molecule has 1 saturated carbocycles. The molecule has 0 unspecified atom stereocenters. The third-order valence-corrected chi connectivity index (χ3v) is 2.45. The van der Waals surface area contributed by atoms with Crippen LogP contribution in [0.1, 0.15) is 12.8 Å². The average molecular weight is 191 g/mol. The van der Waals surface area contributed by atoms with E-state index in [1.807, 2.05) is 0 Å². The second kappa shape index (κ2) is 3.29. The van der Waals surface area contributed by atoms with Crippen LogP contribution in [0.25, 0.3) is 0 Å². The van der Waals surface area contributed by atoms with Crippen LogP contribution in [0.15, 0.2) is 18.5 Å². The molecule has 1 fully saturated rings. The molecule has 0 bridgehead atoms. The van der Waals surface area contributed by atoms with Crippen molar-refractivity contribution in [2.45, 2.75) is 12.8 Å². The molecule has 2 rings (SSSR count). The van der Waals surface area contributed by atoms with Gasteiger partial charge in [0.25, 0.3) is 0 Å². The number of carbonyl (C=O) groups is 1. The molecule has 14 heavy (non-hydrogen) atoms. The number of anilines is 2. The number of nitrogens with two attached hydrogens (primary N) is 1. The predicted octanol–water partition coefficient (Wildman–Crippen LogP) is 1.04. The summed E-state index contributed by atoms with van der Waals surface area (Å²) < 4.78 is 0. The SMILES string of the molecule is CN(C(=O)C1CC1)c1ccncc1N. The number of hydrogen-bond acceptors (Lipinski definition) is 3. The summed E-state index contributed by atoms with van der Waals surface area (Å²) >= 11 is 0. The third-order valence-electron chi connectivity index (χ3n) is 2.45. The van der Waals surface area contributed by atoms with Crippen molar-refractivity contribution >= 4 is 17.3 Å². The van der Waals surface area contributed by atoms with Crippen LogP contribution in [-0.4, -0.2) is 17.9 Å².